The summed E-state index contributed by atoms with van der Waals surface area (Å²) >= 11 is 0. The second kappa shape index (κ2) is 10.8. The van der Waals surface area contributed by atoms with Crippen LogP contribution in [0, 0.1) is 11.8 Å². The lowest BCUT2D eigenvalue weighted by Gasteiger charge is -2.35. The lowest BCUT2D eigenvalue weighted by molar-refractivity contribution is 0.393. The average molecular weight is 449 g/mol. The first kappa shape index (κ1) is 25.4. The summed E-state index contributed by atoms with van der Waals surface area (Å²) in [6, 6.07) is 1.96. The number of phenolic OH excluding ortho intramolecular Hbond substituents is 2. The molecule has 180 valence electrons. The fraction of sp³-hybridized carbons (Fsp3) is 0.548. The third-order valence-corrected chi connectivity index (χ3v) is 7.92. The van der Waals surface area contributed by atoms with Crippen LogP contribution in [0.1, 0.15) is 108 Å². The number of aryl methyl sites for hydroxylation is 1. The molecule has 2 nitrogen and oxygen atoms in total. The van der Waals surface area contributed by atoms with E-state index < -0.39 is 0 Å². The molecule has 3 rings (SSSR count). The molecule has 0 spiro atoms. The molecule has 0 bridgehead atoms. The smallest absolute Gasteiger partial charge is 0.127 e. The highest BCUT2D eigenvalue weighted by Crippen LogP contribution is 2.52. The highest BCUT2D eigenvalue weighted by molar-refractivity contribution is 5.59. The Balaban J connectivity index is 2.23. The Bertz CT molecular complexity index is 962. The molecule has 0 fully saturated rings. The van der Waals surface area contributed by atoms with Gasteiger partial charge in [-0.2, -0.15) is 0 Å². The van der Waals surface area contributed by atoms with Gasteiger partial charge in [0.25, 0.3) is 0 Å². The van der Waals surface area contributed by atoms with Crippen LogP contribution < -0.4 is 0 Å². The van der Waals surface area contributed by atoms with Gasteiger partial charge in [0.1, 0.15) is 11.5 Å². The van der Waals surface area contributed by atoms with Crippen molar-refractivity contribution in [3.63, 3.8) is 0 Å². The zero-order valence-corrected chi connectivity index (χ0v) is 21.5. The SMILES string of the molecule is C=C(C)C1CCC(C)=CC1c1c(CCCCC)cc(O)c([C@@H]2C=C(C)CC[C@H]2C(=C)C)c1O. The second-order valence-corrected chi connectivity index (χ2v) is 10.7. The molecule has 2 aliphatic rings. The third-order valence-electron chi connectivity index (χ3n) is 7.92. The highest BCUT2D eigenvalue weighted by Gasteiger charge is 2.35. The number of benzene rings is 1. The molecule has 0 heterocycles. The predicted octanol–water partition coefficient (Wildman–Crippen LogP) is 8.86. The maximum Gasteiger partial charge on any atom is 0.127 e. The van der Waals surface area contributed by atoms with Gasteiger partial charge in [-0.25, -0.2) is 0 Å². The number of aromatic hydroxyl groups is 2. The Labute approximate surface area is 201 Å². The molecule has 2 heteroatoms. The van der Waals surface area contributed by atoms with Crippen molar-refractivity contribution in [3.05, 3.63) is 70.4 Å². The van der Waals surface area contributed by atoms with E-state index in [1.165, 1.54) is 16.7 Å². The van der Waals surface area contributed by atoms with Crippen LogP contribution in [-0.2, 0) is 6.42 Å². The van der Waals surface area contributed by atoms with Crippen LogP contribution in [0.4, 0.5) is 0 Å². The molecule has 33 heavy (non-hydrogen) atoms. The van der Waals surface area contributed by atoms with E-state index in [-0.39, 0.29) is 23.5 Å². The maximum absolute atomic E-state index is 11.9. The van der Waals surface area contributed by atoms with Crippen LogP contribution in [0.2, 0.25) is 0 Å². The Hall–Kier alpha value is -2.22. The molecular weight excluding hydrogens is 404 g/mol. The fourth-order valence-corrected chi connectivity index (χ4v) is 6.02. The topological polar surface area (TPSA) is 40.5 Å². The fourth-order valence-electron chi connectivity index (χ4n) is 6.02. The normalized spacial score (nSPS) is 25.4. The first-order valence-electron chi connectivity index (χ1n) is 12.9. The summed E-state index contributed by atoms with van der Waals surface area (Å²) in [6.07, 6.45) is 13.0. The van der Waals surface area contributed by atoms with Gasteiger partial charge in [-0.1, -0.05) is 67.4 Å². The molecule has 0 saturated heterocycles. The minimum absolute atomic E-state index is 0.0448. The third kappa shape index (κ3) is 5.48. The zero-order valence-electron chi connectivity index (χ0n) is 21.5. The van der Waals surface area contributed by atoms with Gasteiger partial charge >= 0.3 is 0 Å². The molecule has 0 radical (unpaired) electrons. The van der Waals surface area contributed by atoms with Gasteiger partial charge in [-0.15, -0.1) is 0 Å². The van der Waals surface area contributed by atoms with Crippen molar-refractivity contribution in [1.29, 1.82) is 0 Å². The van der Waals surface area contributed by atoms with E-state index >= 15 is 0 Å². The zero-order chi connectivity index (χ0) is 24.3. The summed E-state index contributed by atoms with van der Waals surface area (Å²) < 4.78 is 0. The van der Waals surface area contributed by atoms with Crippen LogP contribution in [0.3, 0.4) is 0 Å². The number of unbranched alkanes of at least 4 members (excludes halogenated alkanes) is 2. The summed E-state index contributed by atoms with van der Waals surface area (Å²) in [6.45, 7) is 19.3. The number of hydrogen-bond acceptors (Lipinski definition) is 2. The highest BCUT2D eigenvalue weighted by atomic mass is 16.3. The maximum atomic E-state index is 11.9. The number of phenols is 2. The molecule has 1 aromatic rings. The quantitative estimate of drug-likeness (QED) is 0.308. The van der Waals surface area contributed by atoms with Gasteiger partial charge in [0, 0.05) is 23.0 Å². The van der Waals surface area contributed by atoms with Gasteiger partial charge in [0.05, 0.1) is 0 Å². The minimum atomic E-state index is -0.0448. The van der Waals surface area contributed by atoms with Crippen molar-refractivity contribution >= 4 is 0 Å². The van der Waals surface area contributed by atoms with Crippen LogP contribution in [0.25, 0.3) is 0 Å². The first-order chi connectivity index (χ1) is 15.6. The standard InChI is InChI=1S/C31H44O2/c1-8-9-10-11-23-18-28(32)30(27-17-22(7)13-15-25(27)20(4)5)31(33)29(23)26-16-21(6)12-14-24(26)19(2)3/h16-18,24-27,32-33H,2,4,8-15H2,1,3,5-7H3/t24?,25-,26?,27+/m0/s1. The van der Waals surface area contributed by atoms with Crippen molar-refractivity contribution in [3.8, 4) is 11.5 Å². The van der Waals surface area contributed by atoms with Crippen LogP contribution in [0.5, 0.6) is 11.5 Å². The van der Waals surface area contributed by atoms with E-state index in [2.05, 4.69) is 59.9 Å². The van der Waals surface area contributed by atoms with Gasteiger partial charge in [0.15, 0.2) is 0 Å². The molecule has 4 atom stereocenters. The monoisotopic (exact) mass is 448 g/mol. The Kier molecular flexibility index (Phi) is 8.32. The Morgan fingerprint density at radius 2 is 1.39 bits per heavy atom. The second-order valence-electron chi connectivity index (χ2n) is 10.7. The first-order valence-corrected chi connectivity index (χ1v) is 12.9. The molecule has 2 unspecified atom stereocenters. The van der Waals surface area contributed by atoms with Crippen molar-refractivity contribution in [2.45, 2.75) is 97.8 Å². The molecule has 0 amide bonds. The number of allylic oxidation sites excluding steroid dienone is 6. The summed E-state index contributed by atoms with van der Waals surface area (Å²) in [4.78, 5) is 0. The lowest BCUT2D eigenvalue weighted by Crippen LogP contribution is -2.21. The molecule has 2 aliphatic carbocycles. The van der Waals surface area contributed by atoms with E-state index in [9.17, 15) is 10.2 Å². The van der Waals surface area contributed by atoms with E-state index in [1.54, 1.807) is 0 Å². The predicted molar refractivity (Wildman–Crippen MR) is 141 cm³/mol. The van der Waals surface area contributed by atoms with Crippen molar-refractivity contribution in [2.75, 3.05) is 0 Å². The number of rotatable bonds is 8. The average Bonchev–Trinajstić information content (AvgIpc) is 2.73. The van der Waals surface area contributed by atoms with Gasteiger partial charge < -0.3 is 10.2 Å². The summed E-state index contributed by atoms with van der Waals surface area (Å²) in [5, 5.41) is 23.2. The van der Waals surface area contributed by atoms with Crippen molar-refractivity contribution in [2.24, 2.45) is 11.8 Å². The largest absolute Gasteiger partial charge is 0.507 e. The number of hydrogen-bond donors (Lipinski definition) is 2. The van der Waals surface area contributed by atoms with E-state index in [0.29, 0.717) is 17.2 Å². The lowest BCUT2D eigenvalue weighted by atomic mass is 9.69. The van der Waals surface area contributed by atoms with Gasteiger partial charge in [-0.05, 0) is 89.7 Å². The molecule has 0 saturated carbocycles. The molecule has 1 aromatic carbocycles. The van der Waals surface area contributed by atoms with Gasteiger partial charge in [-0.3, -0.25) is 0 Å². The molecule has 2 N–H and O–H groups in total. The van der Waals surface area contributed by atoms with Crippen LogP contribution in [0.15, 0.2) is 53.7 Å². The van der Waals surface area contributed by atoms with E-state index in [1.807, 2.05) is 6.07 Å². The van der Waals surface area contributed by atoms with E-state index in [0.717, 1.165) is 68.1 Å². The van der Waals surface area contributed by atoms with Crippen LogP contribution >= 0.6 is 0 Å². The minimum Gasteiger partial charge on any atom is -0.507 e. The summed E-state index contributed by atoms with van der Waals surface area (Å²) in [5.74, 6) is 1.12. The Morgan fingerprint density at radius 1 is 0.879 bits per heavy atom. The molecule has 0 aromatic heterocycles. The van der Waals surface area contributed by atoms with E-state index in [4.69, 9.17) is 0 Å². The van der Waals surface area contributed by atoms with Gasteiger partial charge in [0.2, 0.25) is 0 Å². The molecular formula is C31H44O2. The summed E-state index contributed by atoms with van der Waals surface area (Å²) in [7, 11) is 0. The van der Waals surface area contributed by atoms with Crippen LogP contribution in [-0.4, -0.2) is 10.2 Å². The van der Waals surface area contributed by atoms with Crippen molar-refractivity contribution in [1.82, 2.24) is 0 Å². The van der Waals surface area contributed by atoms with Crippen molar-refractivity contribution < 1.29 is 10.2 Å². The molecule has 0 aliphatic heterocycles. The summed E-state index contributed by atoms with van der Waals surface area (Å²) in [5.41, 5.74) is 7.77. The Morgan fingerprint density at radius 3 is 1.88 bits per heavy atom.